The molecule has 0 aliphatic carbocycles. The van der Waals surface area contributed by atoms with E-state index in [4.69, 9.17) is 0 Å². The zero-order valence-electron chi connectivity index (χ0n) is 20.5. The second-order valence-electron chi connectivity index (χ2n) is 9.36. The van der Waals surface area contributed by atoms with Crippen LogP contribution < -0.4 is 0 Å². The van der Waals surface area contributed by atoms with Gasteiger partial charge < -0.3 is 14.7 Å². The number of nitrogens with zero attached hydrogens (tertiary/aromatic N) is 3. The van der Waals surface area contributed by atoms with Crippen molar-refractivity contribution in [2.75, 3.05) is 60.9 Å². The Kier molecular flexibility index (Phi) is 21.5. The van der Waals surface area contributed by atoms with E-state index in [9.17, 15) is 0 Å². The Bertz CT molecular complexity index is 294. The summed E-state index contributed by atoms with van der Waals surface area (Å²) in [6.07, 6.45) is 21.3. The highest BCUT2D eigenvalue weighted by atomic mass is 15.1. The smallest absolute Gasteiger partial charge is 0.000960 e. The lowest BCUT2D eigenvalue weighted by Crippen LogP contribution is -2.26. The molecule has 0 aromatic heterocycles. The van der Waals surface area contributed by atoms with Gasteiger partial charge in [0.1, 0.15) is 0 Å². The molecule has 0 heterocycles. The van der Waals surface area contributed by atoms with Crippen molar-refractivity contribution < 1.29 is 0 Å². The zero-order valence-corrected chi connectivity index (χ0v) is 20.5. The first-order chi connectivity index (χ1) is 13.6. The molecule has 3 heteroatoms. The first-order valence-corrected chi connectivity index (χ1v) is 12.6. The maximum Gasteiger partial charge on any atom is -0.000960 e. The molecule has 0 saturated heterocycles. The molecule has 3 nitrogen and oxygen atoms in total. The number of hydrogen-bond donors (Lipinski definition) is 0. The molecule has 0 radical (unpaired) electrons. The van der Waals surface area contributed by atoms with Gasteiger partial charge in [-0.25, -0.2) is 0 Å². The molecule has 28 heavy (non-hydrogen) atoms. The van der Waals surface area contributed by atoms with Crippen molar-refractivity contribution in [3.8, 4) is 0 Å². The molecule has 0 aliphatic heterocycles. The third-order valence-electron chi connectivity index (χ3n) is 5.87. The van der Waals surface area contributed by atoms with Gasteiger partial charge in [-0.05, 0) is 86.6 Å². The van der Waals surface area contributed by atoms with Crippen LogP contribution in [0.25, 0.3) is 0 Å². The van der Waals surface area contributed by atoms with Gasteiger partial charge in [0, 0.05) is 0 Å². The minimum atomic E-state index is 1.20. The third-order valence-corrected chi connectivity index (χ3v) is 5.87. The molecule has 0 atom stereocenters. The lowest BCUT2D eigenvalue weighted by molar-refractivity contribution is 0.276. The minimum Gasteiger partial charge on any atom is -0.309 e. The second-order valence-corrected chi connectivity index (χ2v) is 9.36. The fourth-order valence-electron chi connectivity index (χ4n) is 3.87. The minimum absolute atomic E-state index is 1.20. The molecule has 0 rings (SSSR count). The van der Waals surface area contributed by atoms with E-state index in [-0.39, 0.29) is 0 Å². The highest BCUT2D eigenvalue weighted by Gasteiger charge is 2.02. The molecular formula is C25H55N3. The summed E-state index contributed by atoms with van der Waals surface area (Å²) in [5.41, 5.74) is 0. The van der Waals surface area contributed by atoms with E-state index >= 15 is 0 Å². The molecule has 0 fully saturated rings. The average Bonchev–Trinajstić information content (AvgIpc) is 2.66. The molecule has 0 aromatic carbocycles. The molecule has 0 saturated carbocycles. The lowest BCUT2D eigenvalue weighted by atomic mass is 10.1. The first-order valence-electron chi connectivity index (χ1n) is 12.6. The summed E-state index contributed by atoms with van der Waals surface area (Å²) in [5, 5.41) is 0. The van der Waals surface area contributed by atoms with Crippen LogP contribution in [0.2, 0.25) is 0 Å². The van der Waals surface area contributed by atoms with E-state index in [1.54, 1.807) is 0 Å². The van der Waals surface area contributed by atoms with Gasteiger partial charge in [0.2, 0.25) is 0 Å². The van der Waals surface area contributed by atoms with Crippen molar-refractivity contribution in [1.29, 1.82) is 0 Å². The SMILES string of the molecule is CCCCCCCCCCCCCCN(C)CCCCN(C)CCCN(C)C. The predicted octanol–water partition coefficient (Wildman–Crippen LogP) is 6.28. The van der Waals surface area contributed by atoms with Crippen molar-refractivity contribution in [3.05, 3.63) is 0 Å². The van der Waals surface area contributed by atoms with Crippen molar-refractivity contribution in [2.24, 2.45) is 0 Å². The van der Waals surface area contributed by atoms with Crippen LogP contribution in [0, 0.1) is 0 Å². The Balaban J connectivity index is 3.26. The Morgan fingerprint density at radius 1 is 0.357 bits per heavy atom. The molecule has 0 aromatic rings. The van der Waals surface area contributed by atoms with Crippen LogP contribution in [0.1, 0.15) is 103 Å². The van der Waals surface area contributed by atoms with Crippen molar-refractivity contribution in [1.82, 2.24) is 14.7 Å². The van der Waals surface area contributed by atoms with Gasteiger partial charge in [0.25, 0.3) is 0 Å². The fourth-order valence-corrected chi connectivity index (χ4v) is 3.87. The van der Waals surface area contributed by atoms with Gasteiger partial charge in [-0.15, -0.1) is 0 Å². The van der Waals surface area contributed by atoms with Crippen LogP contribution in [-0.4, -0.2) is 75.6 Å². The van der Waals surface area contributed by atoms with Crippen LogP contribution >= 0.6 is 0 Å². The van der Waals surface area contributed by atoms with E-state index in [0.29, 0.717) is 0 Å². The monoisotopic (exact) mass is 397 g/mol. The summed E-state index contributed by atoms with van der Waals surface area (Å²) in [6.45, 7) is 8.53. The van der Waals surface area contributed by atoms with Gasteiger partial charge in [-0.1, -0.05) is 77.6 Å². The molecule has 0 spiro atoms. The van der Waals surface area contributed by atoms with Gasteiger partial charge in [0.15, 0.2) is 0 Å². The molecule has 0 amide bonds. The normalized spacial score (nSPS) is 12.0. The largest absolute Gasteiger partial charge is 0.309 e. The molecule has 0 N–H and O–H groups in total. The van der Waals surface area contributed by atoms with Crippen molar-refractivity contribution in [2.45, 2.75) is 103 Å². The standard InChI is InChI=1S/C25H55N3/c1-6-7-8-9-10-11-12-13-14-15-16-17-22-27(4)23-18-19-24-28(5)25-20-21-26(2)3/h6-25H2,1-5H3. The summed E-state index contributed by atoms with van der Waals surface area (Å²) in [6, 6.07) is 0. The van der Waals surface area contributed by atoms with E-state index in [1.165, 1.54) is 129 Å². The number of unbranched alkanes of at least 4 members (excludes halogenated alkanes) is 12. The topological polar surface area (TPSA) is 9.72 Å². The highest BCUT2D eigenvalue weighted by molar-refractivity contribution is 4.58. The van der Waals surface area contributed by atoms with Crippen molar-refractivity contribution in [3.63, 3.8) is 0 Å². The highest BCUT2D eigenvalue weighted by Crippen LogP contribution is 2.12. The predicted molar refractivity (Wildman–Crippen MR) is 128 cm³/mol. The quantitative estimate of drug-likeness (QED) is 0.199. The zero-order chi connectivity index (χ0) is 20.9. The maximum absolute atomic E-state index is 2.54. The van der Waals surface area contributed by atoms with Crippen LogP contribution in [0.15, 0.2) is 0 Å². The molecule has 0 bridgehead atoms. The number of rotatable bonds is 22. The van der Waals surface area contributed by atoms with E-state index in [1.807, 2.05) is 0 Å². The fraction of sp³-hybridized carbons (Fsp3) is 1.00. The molecule has 170 valence electrons. The summed E-state index contributed by atoms with van der Waals surface area (Å²) >= 11 is 0. The van der Waals surface area contributed by atoms with E-state index < -0.39 is 0 Å². The van der Waals surface area contributed by atoms with Crippen LogP contribution in [0.4, 0.5) is 0 Å². The van der Waals surface area contributed by atoms with Gasteiger partial charge in [0.05, 0.1) is 0 Å². The van der Waals surface area contributed by atoms with E-state index in [2.05, 4.69) is 49.8 Å². The molecule has 0 aliphatic rings. The first kappa shape index (κ1) is 27.9. The summed E-state index contributed by atoms with van der Waals surface area (Å²) in [5.74, 6) is 0. The third kappa shape index (κ3) is 22.2. The average molecular weight is 398 g/mol. The maximum atomic E-state index is 2.54. The molecule has 0 unspecified atom stereocenters. The van der Waals surface area contributed by atoms with Gasteiger partial charge in [-0.2, -0.15) is 0 Å². The number of hydrogen-bond acceptors (Lipinski definition) is 3. The Morgan fingerprint density at radius 2 is 0.679 bits per heavy atom. The van der Waals surface area contributed by atoms with Gasteiger partial charge in [-0.3, -0.25) is 0 Å². The Labute approximate surface area is 179 Å². The van der Waals surface area contributed by atoms with Crippen LogP contribution in [0.5, 0.6) is 0 Å². The van der Waals surface area contributed by atoms with Crippen LogP contribution in [-0.2, 0) is 0 Å². The van der Waals surface area contributed by atoms with E-state index in [0.717, 1.165) is 0 Å². The summed E-state index contributed by atoms with van der Waals surface area (Å²) in [4.78, 5) is 7.31. The second kappa shape index (κ2) is 21.6. The summed E-state index contributed by atoms with van der Waals surface area (Å²) < 4.78 is 0. The van der Waals surface area contributed by atoms with Gasteiger partial charge >= 0.3 is 0 Å². The lowest BCUT2D eigenvalue weighted by Gasteiger charge is -2.20. The Hall–Kier alpha value is -0.120. The van der Waals surface area contributed by atoms with Crippen molar-refractivity contribution >= 4 is 0 Å². The van der Waals surface area contributed by atoms with Crippen LogP contribution in [0.3, 0.4) is 0 Å². The molecular weight excluding hydrogens is 342 g/mol. The Morgan fingerprint density at radius 3 is 1.07 bits per heavy atom. The summed E-state index contributed by atoms with van der Waals surface area (Å²) in [7, 11) is 8.89.